The molecule has 2 saturated carbocycles. The number of amides is 8. The van der Waals surface area contributed by atoms with Crippen LogP contribution < -0.4 is 66.7 Å². The Morgan fingerprint density at radius 3 is 1.16 bits per heavy atom. The van der Waals surface area contributed by atoms with E-state index in [0.29, 0.717) is 92.9 Å². The maximum atomic E-state index is 14.3. The third-order valence-corrected chi connectivity index (χ3v) is 24.4. The zero-order valence-electron chi connectivity index (χ0n) is 74.9. The van der Waals surface area contributed by atoms with Gasteiger partial charge in [0.25, 0.3) is 47.3 Å². The summed E-state index contributed by atoms with van der Waals surface area (Å²) in [6.07, 6.45) is 8.91. The van der Waals surface area contributed by atoms with Crippen LogP contribution in [0.15, 0.2) is 231 Å². The van der Waals surface area contributed by atoms with E-state index in [4.69, 9.17) is 50.3 Å². The summed E-state index contributed by atoms with van der Waals surface area (Å²) in [5.41, 5.74) is 58.3. The lowest BCUT2D eigenvalue weighted by Gasteiger charge is -2.13. The number of carbonyl (C=O) groups is 9. The Morgan fingerprint density at radius 2 is 0.739 bits per heavy atom. The summed E-state index contributed by atoms with van der Waals surface area (Å²) in [4.78, 5) is 111. The minimum absolute atomic E-state index is 0.00442. The van der Waals surface area contributed by atoms with E-state index in [2.05, 4.69) is 36.8 Å². The number of hydrogen-bond acceptors (Lipinski definition) is 17. The zero-order chi connectivity index (χ0) is 95.3. The number of nitrogens with two attached hydrogens (primary N) is 7. The minimum atomic E-state index is -0.856. The second-order valence-corrected chi connectivity index (χ2v) is 33.3. The molecule has 10 aromatic carbocycles. The Hall–Kier alpha value is -16.5. The third kappa shape index (κ3) is 20.7. The Balaban J connectivity index is 0.000000144. The van der Waals surface area contributed by atoms with Gasteiger partial charge in [0.1, 0.15) is 85.6 Å². The number of nitrogens with one attached hydrogen (secondary N) is 5. The number of nitrogens with zero attached hydrogens (tertiary/aromatic N) is 8. The van der Waals surface area contributed by atoms with Crippen LogP contribution in [0, 0.1) is 46.3 Å². The minimum Gasteiger partial charge on any atom is -0.383 e. The van der Waals surface area contributed by atoms with Crippen LogP contribution in [0.5, 0.6) is 0 Å². The van der Waals surface area contributed by atoms with Gasteiger partial charge in [-0.1, -0.05) is 208 Å². The number of rotatable bonds is 25. The van der Waals surface area contributed by atoms with Crippen LogP contribution >= 0.6 is 0 Å². The van der Waals surface area contributed by atoms with Crippen molar-refractivity contribution in [1.82, 2.24) is 60.4 Å². The first-order chi connectivity index (χ1) is 64.5. The number of Topliss-reactive ketones (excluding diaryl/α,β-unsaturated/α-hetero) is 1. The van der Waals surface area contributed by atoms with Crippen molar-refractivity contribution in [3.8, 4) is 50.7 Å². The molecule has 0 radical (unpaired) electrons. The Morgan fingerprint density at radius 1 is 0.381 bits per heavy atom. The van der Waals surface area contributed by atoms with E-state index in [1.54, 1.807) is 60.3 Å². The van der Waals surface area contributed by atoms with Crippen LogP contribution in [-0.2, 0) is 26.2 Å². The van der Waals surface area contributed by atoms with Crippen LogP contribution in [0.2, 0.25) is 0 Å². The highest BCUT2D eigenvalue weighted by atomic mass is 19.1. The quantitative estimate of drug-likeness (QED) is 0.0253. The summed E-state index contributed by atoms with van der Waals surface area (Å²) in [7, 11) is 1.79. The van der Waals surface area contributed by atoms with Crippen molar-refractivity contribution < 1.29 is 51.9 Å². The molecule has 684 valence electrons. The number of nitrogen functional groups attached to an aromatic ring is 3. The predicted molar refractivity (Wildman–Crippen MR) is 511 cm³/mol. The number of hydrogen-bond donors (Lipinski definition) is 12. The lowest BCUT2D eigenvalue weighted by molar-refractivity contribution is 0.0942. The fourth-order valence-electron chi connectivity index (χ4n) is 17.1. The van der Waals surface area contributed by atoms with Gasteiger partial charge in [-0.15, -0.1) is 0 Å². The van der Waals surface area contributed by atoms with Crippen molar-refractivity contribution in [3.05, 3.63) is 348 Å². The molecule has 14 aromatic rings. The molecular weight excluding hydrogens is 1700 g/mol. The monoisotopic (exact) mass is 1800 g/mol. The van der Waals surface area contributed by atoms with Gasteiger partial charge in [-0.3, -0.25) is 43.2 Å². The Bertz CT molecular complexity index is 6820. The van der Waals surface area contributed by atoms with Gasteiger partial charge in [0.15, 0.2) is 5.78 Å². The van der Waals surface area contributed by atoms with Crippen LogP contribution in [0.1, 0.15) is 225 Å². The molecule has 31 heteroatoms. The zero-order valence-corrected chi connectivity index (χ0v) is 74.9. The highest BCUT2D eigenvalue weighted by molar-refractivity contribution is 6.07. The molecule has 4 heterocycles. The first-order valence-electron chi connectivity index (χ1n) is 43.9. The number of aromatic nitrogens is 8. The number of anilines is 4. The molecule has 17 rings (SSSR count). The van der Waals surface area contributed by atoms with E-state index < -0.39 is 41.3 Å². The summed E-state index contributed by atoms with van der Waals surface area (Å²) >= 11 is 0. The maximum Gasteiger partial charge on any atom is 0.254 e. The molecule has 0 bridgehead atoms. The maximum absolute atomic E-state index is 14.3. The van der Waals surface area contributed by atoms with Crippen molar-refractivity contribution in [2.75, 3.05) is 29.6 Å². The second-order valence-electron chi connectivity index (χ2n) is 33.3. The van der Waals surface area contributed by atoms with E-state index in [1.807, 2.05) is 203 Å². The SMILES string of the molecule is CNc1c(C(N)=O)c(-c2ccc(CNC(=O)c3ccccc3C)cc2)nn1C1CCCC1.Cc1cc(-c2nn(C3CCCC3)c(N)c2C(N)=O)ccc1CNC(=O)c1ccccc1C.Cc1ccccc1C(=O)NCc1ccc(-c2nn(-c3cc(F)ccc3F)c(N)c2C(N)=O)cc1.Cc1ccccc1C(=O)NCc1ccc(-c2nn(C3CC(=O)c4ccccc43)c(N)c2C(N)=O)cc1. The van der Waals surface area contributed by atoms with Crippen molar-refractivity contribution >= 4 is 76.3 Å². The van der Waals surface area contributed by atoms with Crippen molar-refractivity contribution in [2.45, 2.75) is 137 Å². The molecule has 0 saturated heterocycles. The Labute approximate surface area is 772 Å². The number of benzene rings is 10. The van der Waals surface area contributed by atoms with Gasteiger partial charge >= 0.3 is 0 Å². The number of halogens is 2. The van der Waals surface area contributed by atoms with Crippen molar-refractivity contribution in [2.24, 2.45) is 22.9 Å². The van der Waals surface area contributed by atoms with Gasteiger partial charge < -0.3 is 66.7 Å². The number of aryl methyl sites for hydroxylation is 5. The molecule has 1 unspecified atom stereocenters. The molecule has 4 aromatic heterocycles. The molecule has 8 amide bonds. The molecule has 0 aliphatic heterocycles. The molecule has 0 spiro atoms. The molecule has 134 heavy (non-hydrogen) atoms. The van der Waals surface area contributed by atoms with E-state index in [0.717, 1.165) is 141 Å². The topological polar surface area (TPSA) is 467 Å². The number of ketones is 1. The average molecular weight is 1800 g/mol. The standard InChI is InChI=1S/C28H25N5O3.C25H21F2N5O2.2C25H29N5O2/c1-16-6-2-3-7-19(16)28(36)31-15-17-10-12-18(13-11-17)25-24(27(30)35)26(29)33(32-25)22-14-23(34)21-9-5-4-8-20(21)22;1-14-4-2-3-5-18(14)25(34)30-13-15-6-8-16(9-7-15)22-21(24(29)33)23(28)32(31-22)20-12-17(26)10-11-19(20)27;1-16-7-3-6-10-20(16)25(32)28-15-17-11-13-18(14-12-17)22-21(23(26)31)24(27-2)30(29-22)19-8-4-5-9-19;1-15-7-3-6-10-20(15)25(32)28-14-18-12-11-17(13-16(18)2)22-21(24(27)31)23(26)30(29-22)19-8-4-5-9-19/h2-13,22H,14-15,29H2,1H3,(H2,30,35)(H,31,36);2-12H,13,28H2,1H3,(H2,29,33)(H,30,34);3,6-7,10-14,19,27H,4-5,8-9,15H2,1-2H3,(H2,26,31)(H,28,32);3,6-7,10-13,19H,4-5,8-9,14,26H2,1-2H3,(H2,27,31)(H,28,32). The smallest absolute Gasteiger partial charge is 0.254 e. The molecule has 29 nitrogen and oxygen atoms in total. The number of carbonyl (C=O) groups excluding carboxylic acids is 9. The lowest BCUT2D eigenvalue weighted by atomic mass is 10.0. The fourth-order valence-corrected chi connectivity index (χ4v) is 17.1. The number of fused-ring (bicyclic) bond motifs is 1. The van der Waals surface area contributed by atoms with Gasteiger partial charge in [-0.25, -0.2) is 27.5 Å². The molecule has 2 fully saturated rings. The summed E-state index contributed by atoms with van der Waals surface area (Å²) in [5.74, 6) is -3.68. The van der Waals surface area contributed by atoms with Gasteiger partial charge in [-0.05, 0) is 158 Å². The summed E-state index contributed by atoms with van der Waals surface area (Å²) in [6.45, 7) is 11.0. The van der Waals surface area contributed by atoms with Crippen LogP contribution in [0.3, 0.4) is 0 Å². The summed E-state index contributed by atoms with van der Waals surface area (Å²) < 4.78 is 34.2. The highest BCUT2D eigenvalue weighted by Gasteiger charge is 2.36. The van der Waals surface area contributed by atoms with E-state index in [9.17, 15) is 51.9 Å². The van der Waals surface area contributed by atoms with Gasteiger partial charge in [0, 0.05) is 95.8 Å². The van der Waals surface area contributed by atoms with Gasteiger partial charge in [0.2, 0.25) is 0 Å². The Kier molecular flexibility index (Phi) is 29.0. The average Bonchev–Trinajstić information content (AvgIpc) is 1.59. The second kappa shape index (κ2) is 41.5. The molecule has 19 N–H and O–H groups in total. The first-order valence-corrected chi connectivity index (χ1v) is 43.9. The third-order valence-electron chi connectivity index (χ3n) is 24.4. The van der Waals surface area contributed by atoms with Crippen LogP contribution in [0.25, 0.3) is 50.7 Å². The lowest BCUT2D eigenvalue weighted by Crippen LogP contribution is -2.24. The first kappa shape index (κ1) is 93.7. The van der Waals surface area contributed by atoms with Gasteiger partial charge in [0.05, 0.1) is 18.1 Å². The largest absolute Gasteiger partial charge is 0.383 e. The molecular formula is C103H104F2N20O9. The molecule has 1 atom stereocenters. The molecule has 3 aliphatic carbocycles. The highest BCUT2D eigenvalue weighted by Crippen LogP contribution is 2.42. The van der Waals surface area contributed by atoms with Crippen molar-refractivity contribution in [3.63, 3.8) is 0 Å². The normalized spacial score (nSPS) is 13.3. The van der Waals surface area contributed by atoms with Crippen LogP contribution in [-0.4, -0.2) is 99.2 Å². The summed E-state index contributed by atoms with van der Waals surface area (Å²) in [5, 5.41) is 33.2. The van der Waals surface area contributed by atoms with E-state index in [-0.39, 0.29) is 94.2 Å². The fraction of sp³-hybridized carbons (Fsp3) is 0.214. The van der Waals surface area contributed by atoms with Crippen molar-refractivity contribution in [1.29, 1.82) is 0 Å². The predicted octanol–water partition coefficient (Wildman–Crippen LogP) is 15.3. The van der Waals surface area contributed by atoms with E-state index >= 15 is 0 Å². The van der Waals surface area contributed by atoms with Gasteiger partial charge in [-0.2, -0.15) is 20.4 Å². The van der Waals surface area contributed by atoms with E-state index in [1.165, 1.54) is 4.68 Å². The summed E-state index contributed by atoms with van der Waals surface area (Å²) in [6, 6.07) is 67.6. The van der Waals surface area contributed by atoms with Crippen LogP contribution in [0.4, 0.5) is 32.1 Å². The number of primary amides is 4. The molecule has 3 aliphatic rings.